The molecule has 3 N–H and O–H groups in total. The van der Waals surface area contributed by atoms with Gasteiger partial charge >= 0.3 is 0 Å². The fourth-order valence-electron chi connectivity index (χ4n) is 1.72. The molecule has 1 aromatic carbocycles. The first-order chi connectivity index (χ1) is 9.60. The average molecular weight is 272 g/mol. The van der Waals surface area contributed by atoms with E-state index < -0.39 is 0 Å². The lowest BCUT2D eigenvalue weighted by atomic mass is 10.1. The Hall–Kier alpha value is -2.30. The SMILES string of the molecule is CCC(C)CNC(=O)c1ccn(-c2ccc(N)cc2)n1. The molecule has 5 heteroatoms. The van der Waals surface area contributed by atoms with Gasteiger partial charge in [0.15, 0.2) is 5.69 Å². The summed E-state index contributed by atoms with van der Waals surface area (Å²) >= 11 is 0. The second kappa shape index (κ2) is 6.23. The lowest BCUT2D eigenvalue weighted by molar-refractivity contribution is 0.0942. The van der Waals surface area contributed by atoms with Crippen molar-refractivity contribution in [1.82, 2.24) is 15.1 Å². The van der Waals surface area contributed by atoms with Crippen molar-refractivity contribution in [2.45, 2.75) is 20.3 Å². The van der Waals surface area contributed by atoms with E-state index in [1.54, 1.807) is 29.1 Å². The van der Waals surface area contributed by atoms with E-state index in [4.69, 9.17) is 5.73 Å². The number of nitrogens with zero attached hydrogens (tertiary/aromatic N) is 2. The van der Waals surface area contributed by atoms with Crippen LogP contribution in [-0.4, -0.2) is 22.2 Å². The van der Waals surface area contributed by atoms with Gasteiger partial charge in [-0.05, 0) is 36.2 Å². The van der Waals surface area contributed by atoms with Crippen LogP contribution >= 0.6 is 0 Å². The molecule has 0 saturated heterocycles. The Morgan fingerprint density at radius 3 is 2.70 bits per heavy atom. The first kappa shape index (κ1) is 14.1. The average Bonchev–Trinajstić information content (AvgIpc) is 2.95. The minimum absolute atomic E-state index is 0.139. The number of hydrogen-bond acceptors (Lipinski definition) is 3. The van der Waals surface area contributed by atoms with Gasteiger partial charge in [0.2, 0.25) is 0 Å². The summed E-state index contributed by atoms with van der Waals surface area (Å²) in [6.45, 7) is 4.88. The smallest absolute Gasteiger partial charge is 0.271 e. The van der Waals surface area contributed by atoms with Crippen LogP contribution in [0.2, 0.25) is 0 Å². The van der Waals surface area contributed by atoms with Gasteiger partial charge < -0.3 is 11.1 Å². The molecule has 1 heterocycles. The summed E-state index contributed by atoms with van der Waals surface area (Å²) in [5.74, 6) is 0.331. The zero-order chi connectivity index (χ0) is 14.5. The van der Waals surface area contributed by atoms with Gasteiger partial charge in [-0.3, -0.25) is 4.79 Å². The molecule has 0 aliphatic heterocycles. The number of hydrogen-bond donors (Lipinski definition) is 2. The predicted octanol–water partition coefficient (Wildman–Crippen LogP) is 2.23. The van der Waals surface area contributed by atoms with Crippen molar-refractivity contribution in [3.63, 3.8) is 0 Å². The van der Waals surface area contributed by atoms with Crippen molar-refractivity contribution < 1.29 is 4.79 Å². The van der Waals surface area contributed by atoms with Crippen molar-refractivity contribution in [3.05, 3.63) is 42.2 Å². The monoisotopic (exact) mass is 272 g/mol. The zero-order valence-corrected chi connectivity index (χ0v) is 11.8. The van der Waals surface area contributed by atoms with Crippen LogP contribution in [0.1, 0.15) is 30.8 Å². The van der Waals surface area contributed by atoms with Crippen molar-refractivity contribution in [3.8, 4) is 5.69 Å². The maximum Gasteiger partial charge on any atom is 0.271 e. The van der Waals surface area contributed by atoms with Gasteiger partial charge in [0.25, 0.3) is 5.91 Å². The third-order valence-electron chi connectivity index (χ3n) is 3.29. The number of amides is 1. The molecule has 106 valence electrons. The van der Waals surface area contributed by atoms with E-state index in [9.17, 15) is 4.79 Å². The lowest BCUT2D eigenvalue weighted by Crippen LogP contribution is -2.28. The van der Waals surface area contributed by atoms with E-state index >= 15 is 0 Å². The van der Waals surface area contributed by atoms with Gasteiger partial charge in [-0.25, -0.2) is 4.68 Å². The Labute approximate surface area is 118 Å². The molecule has 0 fully saturated rings. The van der Waals surface area contributed by atoms with Gasteiger partial charge in [-0.1, -0.05) is 20.3 Å². The molecule has 1 amide bonds. The third kappa shape index (κ3) is 3.38. The van der Waals surface area contributed by atoms with Crippen LogP contribution in [0.4, 0.5) is 5.69 Å². The normalized spacial score (nSPS) is 12.1. The van der Waals surface area contributed by atoms with Gasteiger partial charge in [-0.2, -0.15) is 5.10 Å². The van der Waals surface area contributed by atoms with Gasteiger partial charge in [-0.15, -0.1) is 0 Å². The van der Waals surface area contributed by atoms with Crippen molar-refractivity contribution in [2.24, 2.45) is 5.92 Å². The molecule has 0 spiro atoms. The van der Waals surface area contributed by atoms with Crippen LogP contribution in [0.3, 0.4) is 0 Å². The minimum Gasteiger partial charge on any atom is -0.399 e. The van der Waals surface area contributed by atoms with Crippen molar-refractivity contribution in [2.75, 3.05) is 12.3 Å². The predicted molar refractivity (Wildman–Crippen MR) is 79.8 cm³/mol. The molecule has 2 aromatic rings. The Morgan fingerprint density at radius 1 is 1.35 bits per heavy atom. The fraction of sp³-hybridized carbons (Fsp3) is 0.333. The minimum atomic E-state index is -0.139. The highest BCUT2D eigenvalue weighted by molar-refractivity contribution is 5.92. The maximum atomic E-state index is 12.0. The quantitative estimate of drug-likeness (QED) is 0.820. The summed E-state index contributed by atoms with van der Waals surface area (Å²) in [6, 6.07) is 9.05. The number of anilines is 1. The van der Waals surface area contributed by atoms with Crippen LogP contribution < -0.4 is 11.1 Å². The zero-order valence-electron chi connectivity index (χ0n) is 11.8. The summed E-state index contributed by atoms with van der Waals surface area (Å²) in [5, 5.41) is 7.17. The van der Waals surface area contributed by atoms with E-state index in [-0.39, 0.29) is 5.91 Å². The molecular formula is C15H20N4O. The van der Waals surface area contributed by atoms with E-state index in [2.05, 4.69) is 24.3 Å². The number of nitrogens with one attached hydrogen (secondary N) is 1. The molecule has 1 unspecified atom stereocenters. The van der Waals surface area contributed by atoms with Crippen LogP contribution in [0, 0.1) is 5.92 Å². The standard InChI is InChI=1S/C15H20N4O/c1-3-11(2)10-17-15(20)14-8-9-19(18-14)13-6-4-12(16)5-7-13/h4-9,11H,3,10,16H2,1-2H3,(H,17,20). The summed E-state index contributed by atoms with van der Waals surface area (Å²) in [4.78, 5) is 12.0. The van der Waals surface area contributed by atoms with E-state index in [0.29, 0.717) is 23.8 Å². The summed E-state index contributed by atoms with van der Waals surface area (Å²) < 4.78 is 1.66. The largest absolute Gasteiger partial charge is 0.399 e. The highest BCUT2D eigenvalue weighted by Gasteiger charge is 2.10. The molecule has 20 heavy (non-hydrogen) atoms. The molecule has 1 aromatic heterocycles. The van der Waals surface area contributed by atoms with E-state index in [0.717, 1.165) is 12.1 Å². The highest BCUT2D eigenvalue weighted by Crippen LogP contribution is 2.10. The molecule has 0 saturated carbocycles. The first-order valence-electron chi connectivity index (χ1n) is 6.80. The van der Waals surface area contributed by atoms with Gasteiger partial charge in [0, 0.05) is 18.4 Å². The molecule has 0 aliphatic rings. The topological polar surface area (TPSA) is 72.9 Å². The number of benzene rings is 1. The second-order valence-corrected chi connectivity index (χ2v) is 4.96. The van der Waals surface area contributed by atoms with E-state index in [1.165, 1.54) is 0 Å². The van der Waals surface area contributed by atoms with E-state index in [1.807, 2.05) is 12.1 Å². The van der Waals surface area contributed by atoms with Gasteiger partial charge in [0.1, 0.15) is 0 Å². The Bertz CT molecular complexity index is 574. The van der Waals surface area contributed by atoms with Crippen molar-refractivity contribution in [1.29, 1.82) is 0 Å². The maximum absolute atomic E-state index is 12.0. The number of aromatic nitrogens is 2. The Kier molecular flexibility index (Phi) is 4.40. The summed E-state index contributed by atoms with van der Waals surface area (Å²) in [6.07, 6.45) is 2.81. The highest BCUT2D eigenvalue weighted by atomic mass is 16.1. The first-order valence-corrected chi connectivity index (χ1v) is 6.80. The molecule has 2 rings (SSSR count). The Balaban J connectivity index is 2.05. The lowest BCUT2D eigenvalue weighted by Gasteiger charge is -2.08. The number of rotatable bonds is 5. The molecule has 0 aliphatic carbocycles. The number of carbonyl (C=O) groups is 1. The summed E-state index contributed by atoms with van der Waals surface area (Å²) in [7, 11) is 0. The van der Waals surface area contributed by atoms with Crippen LogP contribution in [0.5, 0.6) is 0 Å². The van der Waals surface area contributed by atoms with Crippen LogP contribution in [0.25, 0.3) is 5.69 Å². The third-order valence-corrected chi connectivity index (χ3v) is 3.29. The molecule has 0 bridgehead atoms. The molecule has 1 atom stereocenters. The second-order valence-electron chi connectivity index (χ2n) is 4.96. The molecule has 5 nitrogen and oxygen atoms in total. The number of carbonyl (C=O) groups excluding carboxylic acids is 1. The number of nitrogen functional groups attached to an aromatic ring is 1. The molecule has 0 radical (unpaired) electrons. The van der Waals surface area contributed by atoms with Crippen molar-refractivity contribution >= 4 is 11.6 Å². The molecular weight excluding hydrogens is 252 g/mol. The Morgan fingerprint density at radius 2 is 2.05 bits per heavy atom. The van der Waals surface area contributed by atoms with Crippen LogP contribution in [0.15, 0.2) is 36.5 Å². The fourth-order valence-corrected chi connectivity index (χ4v) is 1.72. The summed E-state index contributed by atoms with van der Waals surface area (Å²) in [5.41, 5.74) is 7.64. The van der Waals surface area contributed by atoms with Crippen LogP contribution in [-0.2, 0) is 0 Å². The number of nitrogens with two attached hydrogens (primary N) is 1. The van der Waals surface area contributed by atoms with Gasteiger partial charge in [0.05, 0.1) is 5.69 Å².